The van der Waals surface area contributed by atoms with E-state index in [0.29, 0.717) is 5.82 Å². The molecule has 0 spiro atoms. The van der Waals surface area contributed by atoms with Gasteiger partial charge in [-0.05, 0) is 17.8 Å². The maximum Gasteiger partial charge on any atom is 0.153 e. The predicted molar refractivity (Wildman–Crippen MR) is 69.4 cm³/mol. The SMILES string of the molecule is CSc1c(N)nsc1N1CCn2cnnc2C1. The van der Waals surface area contributed by atoms with Gasteiger partial charge in [-0.2, -0.15) is 4.37 Å². The van der Waals surface area contributed by atoms with Crippen molar-refractivity contribution < 1.29 is 0 Å². The lowest BCUT2D eigenvalue weighted by Gasteiger charge is -2.27. The topological polar surface area (TPSA) is 72.9 Å². The minimum absolute atomic E-state index is 0.629. The van der Waals surface area contributed by atoms with E-state index in [4.69, 9.17) is 5.73 Å². The Morgan fingerprint density at radius 3 is 3.18 bits per heavy atom. The molecule has 0 bridgehead atoms. The summed E-state index contributed by atoms with van der Waals surface area (Å²) in [6.07, 6.45) is 3.80. The Labute approximate surface area is 107 Å². The molecular formula is C9H12N6S2. The molecule has 1 aliphatic rings. The molecule has 0 saturated carbocycles. The highest BCUT2D eigenvalue weighted by Crippen LogP contribution is 2.38. The minimum Gasteiger partial charge on any atom is -0.382 e. The van der Waals surface area contributed by atoms with Crippen molar-refractivity contribution in [3.05, 3.63) is 12.2 Å². The molecule has 0 saturated heterocycles. The van der Waals surface area contributed by atoms with E-state index < -0.39 is 0 Å². The Hall–Kier alpha value is -1.28. The molecule has 0 atom stereocenters. The molecule has 0 aromatic carbocycles. The predicted octanol–water partition coefficient (Wildman–Crippen LogP) is 1.06. The molecule has 3 rings (SSSR count). The van der Waals surface area contributed by atoms with Crippen LogP contribution in [0.2, 0.25) is 0 Å². The number of anilines is 2. The van der Waals surface area contributed by atoms with Crippen LogP contribution < -0.4 is 10.6 Å². The molecule has 8 heteroatoms. The highest BCUT2D eigenvalue weighted by atomic mass is 32.2. The summed E-state index contributed by atoms with van der Waals surface area (Å²) in [7, 11) is 0. The number of aromatic nitrogens is 4. The fourth-order valence-corrected chi connectivity index (χ4v) is 3.63. The van der Waals surface area contributed by atoms with Crippen LogP contribution in [-0.4, -0.2) is 31.9 Å². The lowest BCUT2D eigenvalue weighted by atomic mass is 10.3. The zero-order valence-corrected chi connectivity index (χ0v) is 11.0. The van der Waals surface area contributed by atoms with E-state index in [1.165, 1.54) is 11.5 Å². The molecule has 2 N–H and O–H groups in total. The molecule has 6 nitrogen and oxygen atoms in total. The molecule has 0 radical (unpaired) electrons. The van der Waals surface area contributed by atoms with Gasteiger partial charge in [-0.1, -0.05) is 0 Å². The number of nitrogens with zero attached hydrogens (tertiary/aromatic N) is 5. The van der Waals surface area contributed by atoms with Crippen molar-refractivity contribution in [2.75, 3.05) is 23.4 Å². The van der Waals surface area contributed by atoms with Crippen LogP contribution in [0.1, 0.15) is 5.82 Å². The van der Waals surface area contributed by atoms with E-state index in [1.807, 2.05) is 6.26 Å². The Balaban J connectivity index is 1.91. The maximum absolute atomic E-state index is 5.85. The minimum atomic E-state index is 0.629. The first-order valence-electron chi connectivity index (χ1n) is 5.20. The number of rotatable bonds is 2. The Morgan fingerprint density at radius 2 is 2.35 bits per heavy atom. The lowest BCUT2D eigenvalue weighted by Crippen LogP contribution is -2.33. The third-order valence-electron chi connectivity index (χ3n) is 2.79. The third-order valence-corrected chi connectivity index (χ3v) is 4.65. The van der Waals surface area contributed by atoms with Gasteiger partial charge >= 0.3 is 0 Å². The number of hydrogen-bond acceptors (Lipinski definition) is 7. The van der Waals surface area contributed by atoms with Crippen LogP contribution in [0.3, 0.4) is 0 Å². The van der Waals surface area contributed by atoms with Gasteiger partial charge in [0, 0.05) is 13.1 Å². The summed E-state index contributed by atoms with van der Waals surface area (Å²) in [5.74, 6) is 1.62. The standard InChI is InChI=1S/C9H12N6S2/c1-16-7-8(10)13-17-9(7)14-2-3-15-5-11-12-6(15)4-14/h5H,2-4H2,1H3,(H2,10,13). The molecule has 17 heavy (non-hydrogen) atoms. The monoisotopic (exact) mass is 268 g/mol. The lowest BCUT2D eigenvalue weighted by molar-refractivity contribution is 0.561. The summed E-state index contributed by atoms with van der Waals surface area (Å²) in [5.41, 5.74) is 5.85. The van der Waals surface area contributed by atoms with Crippen LogP contribution >= 0.6 is 23.3 Å². The van der Waals surface area contributed by atoms with Crippen molar-refractivity contribution in [2.45, 2.75) is 18.0 Å². The van der Waals surface area contributed by atoms with E-state index in [0.717, 1.165) is 35.4 Å². The molecule has 2 aromatic heterocycles. The summed E-state index contributed by atoms with van der Waals surface area (Å²) in [6.45, 7) is 2.63. The van der Waals surface area contributed by atoms with Gasteiger partial charge in [-0.3, -0.25) is 0 Å². The fourth-order valence-electron chi connectivity index (χ4n) is 1.92. The largest absolute Gasteiger partial charge is 0.382 e. The van der Waals surface area contributed by atoms with Gasteiger partial charge in [0.1, 0.15) is 11.3 Å². The number of nitrogen functional groups attached to an aromatic ring is 1. The van der Waals surface area contributed by atoms with Crippen molar-refractivity contribution >= 4 is 34.1 Å². The maximum atomic E-state index is 5.85. The van der Waals surface area contributed by atoms with E-state index in [1.54, 1.807) is 18.1 Å². The van der Waals surface area contributed by atoms with Gasteiger partial charge < -0.3 is 15.2 Å². The second-order valence-corrected chi connectivity index (χ2v) is 5.34. The fraction of sp³-hybridized carbons (Fsp3) is 0.444. The molecule has 3 heterocycles. The normalized spacial score (nSPS) is 15.0. The van der Waals surface area contributed by atoms with Gasteiger partial charge in [0.25, 0.3) is 0 Å². The summed E-state index contributed by atoms with van der Waals surface area (Å²) in [6, 6.07) is 0. The van der Waals surface area contributed by atoms with Crippen molar-refractivity contribution in [2.24, 2.45) is 0 Å². The highest BCUT2D eigenvalue weighted by molar-refractivity contribution is 7.99. The van der Waals surface area contributed by atoms with Crippen molar-refractivity contribution in [1.82, 2.24) is 19.1 Å². The van der Waals surface area contributed by atoms with E-state index in [9.17, 15) is 0 Å². The van der Waals surface area contributed by atoms with Crippen LogP contribution in [-0.2, 0) is 13.1 Å². The van der Waals surface area contributed by atoms with Crippen molar-refractivity contribution in [3.63, 3.8) is 0 Å². The van der Waals surface area contributed by atoms with Gasteiger partial charge in [-0.25, -0.2) is 0 Å². The molecule has 0 unspecified atom stereocenters. The van der Waals surface area contributed by atoms with Crippen molar-refractivity contribution in [1.29, 1.82) is 0 Å². The smallest absolute Gasteiger partial charge is 0.153 e. The Bertz CT molecular complexity index is 533. The molecular weight excluding hydrogens is 256 g/mol. The zero-order chi connectivity index (χ0) is 11.8. The van der Waals surface area contributed by atoms with Gasteiger partial charge in [0.15, 0.2) is 11.6 Å². The van der Waals surface area contributed by atoms with Crippen LogP contribution in [0.15, 0.2) is 11.2 Å². The van der Waals surface area contributed by atoms with Crippen LogP contribution in [0.4, 0.5) is 10.8 Å². The summed E-state index contributed by atoms with van der Waals surface area (Å²) in [4.78, 5) is 3.34. The first-order chi connectivity index (χ1) is 8.29. The van der Waals surface area contributed by atoms with Gasteiger partial charge in [-0.15, -0.1) is 22.0 Å². The number of nitrogens with two attached hydrogens (primary N) is 1. The quantitative estimate of drug-likeness (QED) is 0.821. The van der Waals surface area contributed by atoms with Crippen LogP contribution in [0, 0.1) is 0 Å². The second-order valence-electron chi connectivity index (χ2n) is 3.77. The average Bonchev–Trinajstić information content (AvgIpc) is 2.93. The van der Waals surface area contributed by atoms with E-state index in [2.05, 4.69) is 24.0 Å². The molecule has 1 aliphatic heterocycles. The first kappa shape index (κ1) is 10.8. The third kappa shape index (κ3) is 1.77. The molecule has 0 aliphatic carbocycles. The molecule has 2 aromatic rings. The van der Waals surface area contributed by atoms with Crippen LogP contribution in [0.5, 0.6) is 0 Å². The summed E-state index contributed by atoms with van der Waals surface area (Å²) in [5, 5.41) is 9.18. The van der Waals surface area contributed by atoms with Gasteiger partial charge in [0.2, 0.25) is 0 Å². The first-order valence-corrected chi connectivity index (χ1v) is 7.20. The van der Waals surface area contributed by atoms with E-state index in [-0.39, 0.29) is 0 Å². The highest BCUT2D eigenvalue weighted by Gasteiger charge is 2.22. The van der Waals surface area contributed by atoms with Crippen LogP contribution in [0.25, 0.3) is 0 Å². The Kier molecular flexibility index (Phi) is 2.67. The summed E-state index contributed by atoms with van der Waals surface area (Å²) >= 11 is 3.10. The Morgan fingerprint density at radius 1 is 1.47 bits per heavy atom. The average molecular weight is 268 g/mol. The molecule has 0 amide bonds. The molecule has 90 valence electrons. The summed E-state index contributed by atoms with van der Waals surface area (Å²) < 4.78 is 6.30. The van der Waals surface area contributed by atoms with E-state index >= 15 is 0 Å². The second kappa shape index (κ2) is 4.19. The van der Waals surface area contributed by atoms with Gasteiger partial charge in [0.05, 0.1) is 11.4 Å². The number of hydrogen-bond donors (Lipinski definition) is 1. The molecule has 0 fully saturated rings. The van der Waals surface area contributed by atoms with Crippen molar-refractivity contribution in [3.8, 4) is 0 Å². The number of fused-ring (bicyclic) bond motifs is 1. The number of thioether (sulfide) groups is 1. The zero-order valence-electron chi connectivity index (χ0n) is 9.33.